The number of halogens is 1. The molecule has 1 unspecified atom stereocenters. The summed E-state index contributed by atoms with van der Waals surface area (Å²) in [5.41, 5.74) is 0. The van der Waals surface area contributed by atoms with Crippen LogP contribution in [0, 0.1) is 11.2 Å². The summed E-state index contributed by atoms with van der Waals surface area (Å²) in [5, 5.41) is 2.04. The molecular formula is C7H10ClNO2S. The Morgan fingerprint density at radius 1 is 1.58 bits per heavy atom. The second kappa shape index (κ2) is 3.65. The van der Waals surface area contributed by atoms with Gasteiger partial charge in [-0.15, -0.1) is 0 Å². The molecule has 12 heavy (non-hydrogen) atoms. The van der Waals surface area contributed by atoms with E-state index in [4.69, 9.17) is 10.7 Å². The highest BCUT2D eigenvalue weighted by Crippen LogP contribution is 2.13. The number of nitrogens with zero attached hydrogens (tertiary/aromatic N) is 1. The molecule has 0 spiro atoms. The maximum atomic E-state index is 10.5. The van der Waals surface area contributed by atoms with Crippen LogP contribution in [0.25, 0.3) is 0 Å². The molecule has 0 N–H and O–H groups in total. The van der Waals surface area contributed by atoms with Crippen molar-refractivity contribution in [1.29, 1.82) is 0 Å². The molecule has 0 radical (unpaired) electrons. The largest absolute Gasteiger partial charge is 0.300 e. The molecule has 0 aromatic heterocycles. The van der Waals surface area contributed by atoms with Crippen LogP contribution in [0.2, 0.25) is 0 Å². The van der Waals surface area contributed by atoms with Crippen molar-refractivity contribution >= 4 is 19.7 Å². The van der Waals surface area contributed by atoms with Crippen molar-refractivity contribution < 1.29 is 8.42 Å². The van der Waals surface area contributed by atoms with Gasteiger partial charge in [-0.05, 0) is 26.4 Å². The molecule has 5 heteroatoms. The van der Waals surface area contributed by atoms with Gasteiger partial charge in [0.15, 0.2) is 0 Å². The molecule has 0 aromatic carbocycles. The minimum Gasteiger partial charge on any atom is -0.293 e. The van der Waals surface area contributed by atoms with Crippen molar-refractivity contribution in [2.75, 3.05) is 13.6 Å². The van der Waals surface area contributed by atoms with Crippen molar-refractivity contribution in [2.24, 2.45) is 0 Å². The van der Waals surface area contributed by atoms with Gasteiger partial charge in [0.1, 0.15) is 0 Å². The van der Waals surface area contributed by atoms with Gasteiger partial charge in [-0.2, -0.15) is 8.42 Å². The molecule has 1 heterocycles. The number of hydrogen-bond donors (Lipinski definition) is 0. The van der Waals surface area contributed by atoms with Crippen LogP contribution < -0.4 is 0 Å². The lowest BCUT2D eigenvalue weighted by molar-refractivity contribution is 0.365. The molecule has 0 bridgehead atoms. The van der Waals surface area contributed by atoms with Crippen LogP contribution in [0.5, 0.6) is 0 Å². The zero-order valence-corrected chi connectivity index (χ0v) is 8.32. The smallest absolute Gasteiger partial charge is 0.293 e. The summed E-state index contributed by atoms with van der Waals surface area (Å²) in [6, 6.07) is 0.0542. The normalized spacial score (nSPS) is 25.0. The van der Waals surface area contributed by atoms with Crippen molar-refractivity contribution in [2.45, 2.75) is 18.9 Å². The first-order chi connectivity index (χ1) is 5.49. The van der Waals surface area contributed by atoms with Gasteiger partial charge in [0.25, 0.3) is 0 Å². The number of likely N-dealkylation sites (tertiary alicyclic amines) is 1. The van der Waals surface area contributed by atoms with Crippen molar-refractivity contribution in [3.63, 3.8) is 0 Å². The lowest BCUT2D eigenvalue weighted by Crippen LogP contribution is -2.23. The third-order valence-electron chi connectivity index (χ3n) is 1.87. The molecule has 0 aromatic rings. The van der Waals surface area contributed by atoms with Crippen LogP contribution in [0.4, 0.5) is 0 Å². The van der Waals surface area contributed by atoms with E-state index in [1.54, 1.807) is 0 Å². The van der Waals surface area contributed by atoms with E-state index in [-0.39, 0.29) is 6.04 Å². The van der Waals surface area contributed by atoms with Crippen LogP contribution in [-0.4, -0.2) is 33.0 Å². The summed E-state index contributed by atoms with van der Waals surface area (Å²) in [6.45, 7) is 0.974. The number of hydrogen-bond acceptors (Lipinski definition) is 3. The highest BCUT2D eigenvalue weighted by molar-refractivity contribution is 8.17. The molecule has 0 aliphatic carbocycles. The Labute approximate surface area is 77.1 Å². The molecule has 1 rings (SSSR count). The van der Waals surface area contributed by atoms with Gasteiger partial charge in [0.2, 0.25) is 0 Å². The summed E-state index contributed by atoms with van der Waals surface area (Å²) in [6.07, 6.45) is 1.99. The maximum Gasteiger partial charge on any atom is 0.300 e. The predicted octanol–water partition coefficient (Wildman–Crippen LogP) is 0.610. The third-order valence-corrected chi connectivity index (χ3v) is 2.46. The minimum absolute atomic E-state index is 0.0542. The zero-order chi connectivity index (χ0) is 9.19. The Hall–Kier alpha value is -0.240. The standard InChI is InChI=1S/C7H10ClNO2S/c1-9-5-2-3-7(9)4-6-12(8,10)11/h7H,2-3,5H2,1H3. The summed E-state index contributed by atoms with van der Waals surface area (Å²) in [5.74, 6) is 2.63. The van der Waals surface area contributed by atoms with Crippen LogP contribution in [-0.2, 0) is 9.05 Å². The molecule has 1 aliphatic rings. The summed E-state index contributed by atoms with van der Waals surface area (Å²) >= 11 is 0. The van der Waals surface area contributed by atoms with Crippen LogP contribution >= 0.6 is 10.7 Å². The predicted molar refractivity (Wildman–Crippen MR) is 48.2 cm³/mol. The van der Waals surface area contributed by atoms with Crippen molar-refractivity contribution in [1.82, 2.24) is 4.90 Å². The van der Waals surface area contributed by atoms with E-state index < -0.39 is 9.05 Å². The first-order valence-electron chi connectivity index (χ1n) is 3.66. The quantitative estimate of drug-likeness (QED) is 0.432. The Bertz CT molecular complexity index is 314. The Morgan fingerprint density at radius 2 is 2.25 bits per heavy atom. The number of rotatable bonds is 0. The lowest BCUT2D eigenvalue weighted by Gasteiger charge is -2.11. The van der Waals surface area contributed by atoms with E-state index >= 15 is 0 Å². The SMILES string of the molecule is CN1CCCC1C#CS(=O)(=O)Cl. The van der Waals surface area contributed by atoms with E-state index in [1.165, 1.54) is 0 Å². The molecule has 68 valence electrons. The third kappa shape index (κ3) is 3.02. The Kier molecular flexibility index (Phi) is 2.99. The van der Waals surface area contributed by atoms with Gasteiger partial charge in [-0.25, -0.2) is 0 Å². The van der Waals surface area contributed by atoms with Gasteiger partial charge in [0.05, 0.1) is 6.04 Å². The fourth-order valence-corrected chi connectivity index (χ4v) is 1.64. The van der Waals surface area contributed by atoms with Gasteiger partial charge in [-0.1, -0.05) is 5.92 Å². The van der Waals surface area contributed by atoms with E-state index in [2.05, 4.69) is 5.92 Å². The van der Waals surface area contributed by atoms with Crippen molar-refractivity contribution in [3.8, 4) is 11.2 Å². The van der Waals surface area contributed by atoms with E-state index in [1.807, 2.05) is 17.2 Å². The molecule has 1 saturated heterocycles. The molecule has 1 aliphatic heterocycles. The Morgan fingerprint density at radius 3 is 2.67 bits per heavy atom. The molecule has 0 saturated carbocycles. The molecule has 3 nitrogen and oxygen atoms in total. The molecule has 1 fully saturated rings. The van der Waals surface area contributed by atoms with Gasteiger partial charge in [0, 0.05) is 15.9 Å². The summed E-state index contributed by atoms with van der Waals surface area (Å²) < 4.78 is 20.9. The molecule has 1 atom stereocenters. The lowest BCUT2D eigenvalue weighted by atomic mass is 10.2. The summed E-state index contributed by atoms with van der Waals surface area (Å²) in [7, 11) is 3.21. The first kappa shape index (κ1) is 9.85. The highest BCUT2D eigenvalue weighted by atomic mass is 35.7. The fourth-order valence-electron chi connectivity index (χ4n) is 1.23. The van der Waals surface area contributed by atoms with Gasteiger partial charge >= 0.3 is 9.05 Å². The summed E-state index contributed by atoms with van der Waals surface area (Å²) in [4.78, 5) is 2.02. The van der Waals surface area contributed by atoms with Gasteiger partial charge in [-0.3, -0.25) is 4.90 Å². The van der Waals surface area contributed by atoms with Gasteiger partial charge < -0.3 is 0 Å². The monoisotopic (exact) mass is 207 g/mol. The Balaban J connectivity index is 2.66. The highest BCUT2D eigenvalue weighted by Gasteiger charge is 2.18. The van der Waals surface area contributed by atoms with Crippen molar-refractivity contribution in [3.05, 3.63) is 0 Å². The van der Waals surface area contributed by atoms with Crippen LogP contribution in [0.3, 0.4) is 0 Å². The van der Waals surface area contributed by atoms with Crippen LogP contribution in [0.1, 0.15) is 12.8 Å². The average molecular weight is 208 g/mol. The van der Waals surface area contributed by atoms with E-state index in [0.29, 0.717) is 0 Å². The molecule has 0 amide bonds. The zero-order valence-electron chi connectivity index (χ0n) is 6.75. The second-order valence-electron chi connectivity index (χ2n) is 2.82. The fraction of sp³-hybridized carbons (Fsp3) is 0.714. The van der Waals surface area contributed by atoms with E-state index in [9.17, 15) is 8.42 Å². The van der Waals surface area contributed by atoms with E-state index in [0.717, 1.165) is 19.4 Å². The van der Waals surface area contributed by atoms with Crippen LogP contribution in [0.15, 0.2) is 0 Å². The first-order valence-corrected chi connectivity index (χ1v) is 5.97. The topological polar surface area (TPSA) is 37.4 Å². The second-order valence-corrected chi connectivity index (χ2v) is 5.12. The maximum absolute atomic E-state index is 10.5. The molecular weight excluding hydrogens is 198 g/mol. The minimum atomic E-state index is -3.65. The average Bonchev–Trinajstić information content (AvgIpc) is 2.29.